The van der Waals surface area contributed by atoms with Crippen molar-refractivity contribution in [3.8, 4) is 5.75 Å². The molecule has 3 nitrogen and oxygen atoms in total. The van der Waals surface area contributed by atoms with Crippen LogP contribution in [0.1, 0.15) is 11.1 Å². The number of halogens is 1. The Morgan fingerprint density at radius 2 is 1.85 bits per heavy atom. The summed E-state index contributed by atoms with van der Waals surface area (Å²) in [4.78, 5) is 13.8. The van der Waals surface area contributed by atoms with Crippen LogP contribution in [-0.2, 0) is 17.8 Å². The second kappa shape index (κ2) is 6.44. The van der Waals surface area contributed by atoms with Crippen LogP contribution < -0.4 is 0 Å². The minimum Gasteiger partial charge on any atom is -0.508 e. The maximum Gasteiger partial charge on any atom is 0.227 e. The summed E-state index contributed by atoms with van der Waals surface area (Å²) in [5, 5.41) is 9.88. The SMILES string of the molecule is CN(Cc1cccc(Cl)c1)C(=O)Cc1ccc(O)cc1. The highest BCUT2D eigenvalue weighted by atomic mass is 35.5. The summed E-state index contributed by atoms with van der Waals surface area (Å²) in [7, 11) is 1.77. The van der Waals surface area contributed by atoms with Gasteiger partial charge in [-0.2, -0.15) is 0 Å². The number of phenolic OH excluding ortho intramolecular Hbond substituents is 1. The lowest BCUT2D eigenvalue weighted by molar-refractivity contribution is -0.129. The van der Waals surface area contributed by atoms with E-state index in [4.69, 9.17) is 11.6 Å². The number of carbonyl (C=O) groups excluding carboxylic acids is 1. The average molecular weight is 290 g/mol. The molecular weight excluding hydrogens is 274 g/mol. The fraction of sp³-hybridized carbons (Fsp3) is 0.188. The third-order valence-electron chi connectivity index (χ3n) is 3.03. The molecule has 0 saturated carbocycles. The average Bonchev–Trinajstić information content (AvgIpc) is 2.41. The van der Waals surface area contributed by atoms with Crippen LogP contribution in [0.5, 0.6) is 5.75 Å². The number of amides is 1. The molecule has 0 aliphatic heterocycles. The lowest BCUT2D eigenvalue weighted by Gasteiger charge is -2.17. The first kappa shape index (κ1) is 14.4. The van der Waals surface area contributed by atoms with Crippen LogP contribution in [-0.4, -0.2) is 23.0 Å². The van der Waals surface area contributed by atoms with Crippen molar-refractivity contribution in [2.75, 3.05) is 7.05 Å². The maximum atomic E-state index is 12.1. The van der Waals surface area contributed by atoms with E-state index in [1.54, 1.807) is 36.2 Å². The summed E-state index contributed by atoms with van der Waals surface area (Å²) in [6.07, 6.45) is 0.317. The normalized spacial score (nSPS) is 10.3. The lowest BCUT2D eigenvalue weighted by Crippen LogP contribution is -2.27. The van der Waals surface area contributed by atoms with Gasteiger partial charge in [-0.3, -0.25) is 4.79 Å². The first-order valence-electron chi connectivity index (χ1n) is 6.31. The van der Waals surface area contributed by atoms with E-state index in [0.29, 0.717) is 18.0 Å². The van der Waals surface area contributed by atoms with E-state index >= 15 is 0 Å². The molecule has 0 aliphatic rings. The van der Waals surface area contributed by atoms with Gasteiger partial charge in [-0.1, -0.05) is 35.9 Å². The van der Waals surface area contributed by atoms with Gasteiger partial charge in [-0.05, 0) is 35.4 Å². The van der Waals surface area contributed by atoms with Crippen molar-refractivity contribution in [1.29, 1.82) is 0 Å². The molecule has 20 heavy (non-hydrogen) atoms. The zero-order chi connectivity index (χ0) is 14.5. The molecule has 0 heterocycles. The number of hydrogen-bond donors (Lipinski definition) is 1. The van der Waals surface area contributed by atoms with E-state index in [2.05, 4.69) is 0 Å². The molecule has 2 aromatic carbocycles. The quantitative estimate of drug-likeness (QED) is 0.938. The van der Waals surface area contributed by atoms with E-state index < -0.39 is 0 Å². The van der Waals surface area contributed by atoms with Gasteiger partial charge in [-0.15, -0.1) is 0 Å². The number of rotatable bonds is 4. The standard InChI is InChI=1S/C16H16ClNO2/c1-18(11-13-3-2-4-14(17)9-13)16(20)10-12-5-7-15(19)8-6-12/h2-9,19H,10-11H2,1H3. The molecule has 0 radical (unpaired) electrons. The van der Waals surface area contributed by atoms with Gasteiger partial charge in [0.25, 0.3) is 0 Å². The molecule has 2 aromatic rings. The lowest BCUT2D eigenvalue weighted by atomic mass is 10.1. The van der Waals surface area contributed by atoms with E-state index in [1.807, 2.05) is 24.3 Å². The molecule has 104 valence electrons. The van der Waals surface area contributed by atoms with Crippen LogP contribution in [0.2, 0.25) is 5.02 Å². The topological polar surface area (TPSA) is 40.5 Å². The molecule has 1 N–H and O–H groups in total. The van der Waals surface area contributed by atoms with Crippen LogP contribution >= 0.6 is 11.6 Å². The molecule has 0 spiro atoms. The van der Waals surface area contributed by atoms with E-state index in [9.17, 15) is 9.90 Å². The Bertz CT molecular complexity index is 596. The van der Waals surface area contributed by atoms with Crippen molar-refractivity contribution >= 4 is 17.5 Å². The van der Waals surface area contributed by atoms with Crippen LogP contribution in [0.3, 0.4) is 0 Å². The summed E-state index contributed by atoms with van der Waals surface area (Å²) in [5.74, 6) is 0.226. The Kier molecular flexibility index (Phi) is 4.64. The van der Waals surface area contributed by atoms with Crippen LogP contribution in [0.4, 0.5) is 0 Å². The van der Waals surface area contributed by atoms with Crippen LogP contribution in [0, 0.1) is 0 Å². The number of carbonyl (C=O) groups is 1. The van der Waals surface area contributed by atoms with Gasteiger partial charge in [0.1, 0.15) is 5.75 Å². The maximum absolute atomic E-state index is 12.1. The molecule has 4 heteroatoms. The molecule has 1 amide bonds. The highest BCUT2D eigenvalue weighted by molar-refractivity contribution is 6.30. The Hall–Kier alpha value is -2.00. The summed E-state index contributed by atoms with van der Waals surface area (Å²) < 4.78 is 0. The molecule has 0 atom stereocenters. The smallest absolute Gasteiger partial charge is 0.227 e. The summed E-state index contributed by atoms with van der Waals surface area (Å²) in [6.45, 7) is 0.525. The molecular formula is C16H16ClNO2. The number of benzene rings is 2. The fourth-order valence-corrected chi connectivity index (χ4v) is 2.13. The number of aromatic hydroxyl groups is 1. The Morgan fingerprint density at radius 3 is 2.50 bits per heavy atom. The predicted molar refractivity (Wildman–Crippen MR) is 79.7 cm³/mol. The fourth-order valence-electron chi connectivity index (χ4n) is 1.92. The van der Waals surface area contributed by atoms with Crippen molar-refractivity contribution in [1.82, 2.24) is 4.90 Å². The van der Waals surface area contributed by atoms with Crippen molar-refractivity contribution in [2.24, 2.45) is 0 Å². The van der Waals surface area contributed by atoms with Gasteiger partial charge < -0.3 is 10.0 Å². The van der Waals surface area contributed by atoms with Crippen LogP contribution in [0.15, 0.2) is 48.5 Å². The monoisotopic (exact) mass is 289 g/mol. The number of likely N-dealkylation sites (N-methyl/N-ethyl adjacent to an activating group) is 1. The van der Waals surface area contributed by atoms with Gasteiger partial charge in [0, 0.05) is 18.6 Å². The molecule has 0 bridgehead atoms. The largest absolute Gasteiger partial charge is 0.508 e. The van der Waals surface area contributed by atoms with Crippen molar-refractivity contribution in [3.05, 3.63) is 64.7 Å². The number of phenols is 1. The Balaban J connectivity index is 1.96. The minimum absolute atomic E-state index is 0.0238. The van der Waals surface area contributed by atoms with Gasteiger partial charge >= 0.3 is 0 Å². The van der Waals surface area contributed by atoms with E-state index in [0.717, 1.165) is 11.1 Å². The first-order chi connectivity index (χ1) is 9.54. The molecule has 2 rings (SSSR count). The van der Waals surface area contributed by atoms with Crippen molar-refractivity contribution < 1.29 is 9.90 Å². The molecule has 0 unspecified atom stereocenters. The summed E-state index contributed by atoms with van der Waals surface area (Å²) in [6, 6.07) is 14.1. The second-order valence-electron chi connectivity index (χ2n) is 4.72. The predicted octanol–water partition coefficient (Wildman–Crippen LogP) is 3.25. The highest BCUT2D eigenvalue weighted by Crippen LogP contribution is 2.14. The van der Waals surface area contributed by atoms with Gasteiger partial charge in [-0.25, -0.2) is 0 Å². The number of nitrogens with zero attached hydrogens (tertiary/aromatic N) is 1. The van der Waals surface area contributed by atoms with Crippen molar-refractivity contribution in [2.45, 2.75) is 13.0 Å². The third kappa shape index (κ3) is 4.00. The highest BCUT2D eigenvalue weighted by Gasteiger charge is 2.10. The molecule has 0 saturated heterocycles. The van der Waals surface area contributed by atoms with E-state index in [1.165, 1.54) is 0 Å². The molecule has 0 aromatic heterocycles. The Labute approximate surface area is 123 Å². The number of hydrogen-bond acceptors (Lipinski definition) is 2. The molecule has 0 aliphatic carbocycles. The Morgan fingerprint density at radius 1 is 1.15 bits per heavy atom. The van der Waals surface area contributed by atoms with E-state index in [-0.39, 0.29) is 11.7 Å². The third-order valence-corrected chi connectivity index (χ3v) is 3.26. The molecule has 0 fully saturated rings. The van der Waals surface area contributed by atoms with Gasteiger partial charge in [0.05, 0.1) is 6.42 Å². The summed E-state index contributed by atoms with van der Waals surface area (Å²) >= 11 is 5.93. The minimum atomic E-state index is 0.0238. The van der Waals surface area contributed by atoms with Gasteiger partial charge in [0.2, 0.25) is 5.91 Å². The van der Waals surface area contributed by atoms with Crippen molar-refractivity contribution in [3.63, 3.8) is 0 Å². The zero-order valence-corrected chi connectivity index (χ0v) is 12.0. The summed E-state index contributed by atoms with van der Waals surface area (Å²) in [5.41, 5.74) is 1.88. The second-order valence-corrected chi connectivity index (χ2v) is 5.16. The van der Waals surface area contributed by atoms with Gasteiger partial charge in [0.15, 0.2) is 0 Å². The zero-order valence-electron chi connectivity index (χ0n) is 11.2. The van der Waals surface area contributed by atoms with Crippen LogP contribution in [0.25, 0.3) is 0 Å². The first-order valence-corrected chi connectivity index (χ1v) is 6.69.